The third kappa shape index (κ3) is 1.75. The lowest BCUT2D eigenvalue weighted by molar-refractivity contribution is 0.587. The topological polar surface area (TPSA) is 49.8 Å². The van der Waals surface area contributed by atoms with Gasteiger partial charge >= 0.3 is 0 Å². The van der Waals surface area contributed by atoms with Gasteiger partial charge in [0.05, 0.1) is 10.3 Å². The van der Waals surface area contributed by atoms with Gasteiger partial charge in [-0.05, 0) is 29.5 Å². The summed E-state index contributed by atoms with van der Waals surface area (Å²) in [5.41, 5.74) is 7.94. The van der Waals surface area contributed by atoms with Crippen LogP contribution in [0, 0.1) is 24.1 Å². The molecule has 0 aliphatic rings. The number of halogens is 1. The molecule has 94 valence electrons. The van der Waals surface area contributed by atoms with Gasteiger partial charge in [-0.25, -0.2) is 4.39 Å². The van der Waals surface area contributed by atoms with Gasteiger partial charge in [-0.1, -0.05) is 20.8 Å². The van der Waals surface area contributed by atoms with Gasteiger partial charge < -0.3 is 5.73 Å². The molecule has 2 rings (SSSR count). The fourth-order valence-corrected chi connectivity index (χ4v) is 3.39. The standard InChI is InChI=1S/C14H15FN2S/c1-7-5-9(15)12-10(11(7)14(2,3)4)8(6-16)13(17)18-12/h5H,17H2,1-4H3. The normalized spacial score (nSPS) is 11.8. The van der Waals surface area contributed by atoms with Gasteiger partial charge in [0, 0.05) is 5.39 Å². The molecule has 0 radical (unpaired) electrons. The zero-order valence-electron chi connectivity index (χ0n) is 10.9. The van der Waals surface area contributed by atoms with Gasteiger partial charge in [0.1, 0.15) is 16.9 Å². The molecule has 0 aliphatic heterocycles. The molecule has 0 saturated heterocycles. The molecule has 2 aromatic rings. The molecule has 0 fully saturated rings. The molecule has 0 atom stereocenters. The number of rotatable bonds is 0. The van der Waals surface area contributed by atoms with E-state index >= 15 is 0 Å². The van der Waals surface area contributed by atoms with Gasteiger partial charge in [0.25, 0.3) is 0 Å². The van der Waals surface area contributed by atoms with Crippen molar-refractivity contribution in [1.29, 1.82) is 5.26 Å². The predicted molar refractivity (Wildman–Crippen MR) is 74.3 cm³/mol. The molecule has 1 aromatic heterocycles. The third-order valence-electron chi connectivity index (χ3n) is 3.00. The molecular formula is C14H15FN2S. The lowest BCUT2D eigenvalue weighted by Crippen LogP contribution is -2.14. The van der Waals surface area contributed by atoms with Crippen molar-refractivity contribution in [3.8, 4) is 6.07 Å². The van der Waals surface area contributed by atoms with Crippen molar-refractivity contribution in [2.75, 3.05) is 5.73 Å². The Kier molecular flexibility index (Phi) is 2.83. The Balaban J connectivity index is 3.07. The Labute approximate surface area is 110 Å². The van der Waals surface area contributed by atoms with E-state index in [9.17, 15) is 9.65 Å². The van der Waals surface area contributed by atoms with Gasteiger partial charge in [0.15, 0.2) is 0 Å². The molecule has 18 heavy (non-hydrogen) atoms. The van der Waals surface area contributed by atoms with E-state index in [1.54, 1.807) is 0 Å². The van der Waals surface area contributed by atoms with E-state index in [1.807, 2.05) is 6.92 Å². The van der Waals surface area contributed by atoms with E-state index in [2.05, 4.69) is 26.8 Å². The summed E-state index contributed by atoms with van der Waals surface area (Å²) < 4.78 is 14.5. The van der Waals surface area contributed by atoms with Crippen LogP contribution in [0.4, 0.5) is 9.39 Å². The first-order chi connectivity index (χ1) is 8.27. The first kappa shape index (κ1) is 12.8. The molecular weight excluding hydrogens is 247 g/mol. The summed E-state index contributed by atoms with van der Waals surface area (Å²) in [7, 11) is 0. The maximum atomic E-state index is 14.0. The quantitative estimate of drug-likeness (QED) is 0.777. The molecule has 1 aromatic carbocycles. The van der Waals surface area contributed by atoms with E-state index < -0.39 is 0 Å². The van der Waals surface area contributed by atoms with Crippen LogP contribution in [0.3, 0.4) is 0 Å². The molecule has 2 nitrogen and oxygen atoms in total. The molecule has 0 bridgehead atoms. The van der Waals surface area contributed by atoms with Crippen molar-refractivity contribution < 1.29 is 4.39 Å². The number of benzene rings is 1. The highest BCUT2D eigenvalue weighted by Gasteiger charge is 2.25. The monoisotopic (exact) mass is 262 g/mol. The van der Waals surface area contributed by atoms with E-state index in [0.717, 1.165) is 22.5 Å². The van der Waals surface area contributed by atoms with Crippen LogP contribution in [-0.2, 0) is 5.41 Å². The second kappa shape index (κ2) is 3.96. The first-order valence-electron chi connectivity index (χ1n) is 5.69. The highest BCUT2D eigenvalue weighted by Crippen LogP contribution is 2.42. The van der Waals surface area contributed by atoms with E-state index in [0.29, 0.717) is 20.7 Å². The number of nitrogens with zero attached hydrogens (tertiary/aromatic N) is 1. The summed E-state index contributed by atoms with van der Waals surface area (Å²) in [6.07, 6.45) is 0. The Hall–Kier alpha value is -1.60. The third-order valence-corrected chi connectivity index (χ3v) is 4.03. The fraction of sp³-hybridized carbons (Fsp3) is 0.357. The van der Waals surface area contributed by atoms with Crippen molar-refractivity contribution in [3.05, 3.63) is 28.6 Å². The molecule has 0 unspecified atom stereocenters. The second-order valence-electron chi connectivity index (χ2n) is 5.46. The Morgan fingerprint density at radius 1 is 1.39 bits per heavy atom. The van der Waals surface area contributed by atoms with E-state index in [1.165, 1.54) is 6.07 Å². The molecule has 0 amide bonds. The molecule has 1 heterocycles. The largest absolute Gasteiger partial charge is 0.389 e. The summed E-state index contributed by atoms with van der Waals surface area (Å²) in [4.78, 5) is 0. The second-order valence-corrected chi connectivity index (χ2v) is 6.51. The van der Waals surface area contributed by atoms with Crippen molar-refractivity contribution in [2.24, 2.45) is 0 Å². The number of aryl methyl sites for hydroxylation is 1. The number of thiophene rings is 1. The van der Waals surface area contributed by atoms with E-state index in [4.69, 9.17) is 5.73 Å². The summed E-state index contributed by atoms with van der Waals surface area (Å²) in [5.74, 6) is -0.298. The summed E-state index contributed by atoms with van der Waals surface area (Å²) >= 11 is 1.15. The average molecular weight is 262 g/mol. The minimum Gasteiger partial charge on any atom is -0.389 e. The maximum Gasteiger partial charge on any atom is 0.141 e. The van der Waals surface area contributed by atoms with Gasteiger partial charge in [0.2, 0.25) is 0 Å². The van der Waals surface area contributed by atoms with Crippen LogP contribution >= 0.6 is 11.3 Å². The number of nitriles is 1. The maximum absolute atomic E-state index is 14.0. The minimum absolute atomic E-state index is 0.158. The number of nitrogens with two attached hydrogens (primary N) is 1. The van der Waals surface area contributed by atoms with Crippen LogP contribution in [-0.4, -0.2) is 0 Å². The molecule has 2 N–H and O–H groups in total. The first-order valence-corrected chi connectivity index (χ1v) is 6.50. The highest BCUT2D eigenvalue weighted by molar-refractivity contribution is 7.23. The average Bonchev–Trinajstić information content (AvgIpc) is 2.53. The molecule has 0 saturated carbocycles. The van der Waals surface area contributed by atoms with Crippen molar-refractivity contribution in [1.82, 2.24) is 0 Å². The zero-order valence-corrected chi connectivity index (χ0v) is 11.7. The summed E-state index contributed by atoms with van der Waals surface area (Å²) in [5, 5.41) is 10.3. The number of nitrogen functional groups attached to an aromatic ring is 1. The highest BCUT2D eigenvalue weighted by atomic mass is 32.1. The van der Waals surface area contributed by atoms with Crippen molar-refractivity contribution in [3.63, 3.8) is 0 Å². The molecule has 0 aliphatic carbocycles. The van der Waals surface area contributed by atoms with Gasteiger partial charge in [-0.3, -0.25) is 0 Å². The predicted octanol–water partition coefficient (Wildman–Crippen LogP) is 4.10. The summed E-state index contributed by atoms with van der Waals surface area (Å²) in [6.45, 7) is 8.04. The van der Waals surface area contributed by atoms with Crippen LogP contribution < -0.4 is 5.73 Å². The number of hydrogen-bond donors (Lipinski definition) is 1. The van der Waals surface area contributed by atoms with E-state index in [-0.39, 0.29) is 11.2 Å². The fourth-order valence-electron chi connectivity index (χ4n) is 2.46. The van der Waals surface area contributed by atoms with Crippen LogP contribution in [0.2, 0.25) is 0 Å². The zero-order chi connectivity index (χ0) is 13.7. The van der Waals surface area contributed by atoms with Gasteiger partial charge in [-0.15, -0.1) is 11.3 Å². The van der Waals surface area contributed by atoms with Crippen LogP contribution in [0.5, 0.6) is 0 Å². The lowest BCUT2D eigenvalue weighted by Gasteiger charge is -2.23. The smallest absolute Gasteiger partial charge is 0.141 e. The van der Waals surface area contributed by atoms with Gasteiger partial charge in [-0.2, -0.15) is 5.26 Å². The van der Waals surface area contributed by atoms with Crippen LogP contribution in [0.1, 0.15) is 37.5 Å². The Morgan fingerprint density at radius 2 is 2.00 bits per heavy atom. The Morgan fingerprint density at radius 3 is 2.50 bits per heavy atom. The lowest BCUT2D eigenvalue weighted by atomic mass is 9.81. The van der Waals surface area contributed by atoms with Crippen LogP contribution in [0.25, 0.3) is 10.1 Å². The SMILES string of the molecule is Cc1cc(F)c2sc(N)c(C#N)c2c1C(C)(C)C. The van der Waals surface area contributed by atoms with Crippen molar-refractivity contribution in [2.45, 2.75) is 33.1 Å². The van der Waals surface area contributed by atoms with Crippen LogP contribution in [0.15, 0.2) is 6.07 Å². The van der Waals surface area contributed by atoms with Crippen molar-refractivity contribution >= 4 is 26.4 Å². The minimum atomic E-state index is -0.298. The molecule has 0 spiro atoms. The molecule has 4 heteroatoms. The number of fused-ring (bicyclic) bond motifs is 1. The number of hydrogen-bond acceptors (Lipinski definition) is 3. The Bertz CT molecular complexity index is 672. The number of anilines is 1. The summed E-state index contributed by atoms with van der Waals surface area (Å²) in [6, 6.07) is 3.63.